The van der Waals surface area contributed by atoms with E-state index in [1.807, 2.05) is 0 Å². The lowest BCUT2D eigenvalue weighted by atomic mass is 10.1. The van der Waals surface area contributed by atoms with E-state index in [2.05, 4.69) is 24.5 Å². The van der Waals surface area contributed by atoms with E-state index in [1.54, 1.807) is 0 Å². The molecule has 0 saturated heterocycles. The van der Waals surface area contributed by atoms with E-state index in [0.29, 0.717) is 13.1 Å². The van der Waals surface area contributed by atoms with Gasteiger partial charge in [-0.2, -0.15) is 0 Å². The molecule has 0 bridgehead atoms. The van der Waals surface area contributed by atoms with Gasteiger partial charge in [0.25, 0.3) is 0 Å². The predicted octanol–water partition coefficient (Wildman–Crippen LogP) is 8.62. The van der Waals surface area contributed by atoms with E-state index in [-0.39, 0.29) is 0 Å². The summed E-state index contributed by atoms with van der Waals surface area (Å²) in [4.78, 5) is 23.7. The number of carbonyl (C=O) groups excluding carboxylic acids is 2. The van der Waals surface area contributed by atoms with Crippen LogP contribution in [0.2, 0.25) is 0 Å². The fraction of sp³-hybridized carbons (Fsp3) is 0.933. The fourth-order valence-corrected chi connectivity index (χ4v) is 4.50. The third kappa shape index (κ3) is 25.6. The van der Waals surface area contributed by atoms with Crippen LogP contribution in [0, 0.1) is 0 Å². The highest BCUT2D eigenvalue weighted by Crippen LogP contribution is 2.12. The number of hydrogen-bond acceptors (Lipinski definition) is 2. The fourth-order valence-electron chi connectivity index (χ4n) is 4.50. The molecule has 2 N–H and O–H groups in total. The average molecular weight is 481 g/mol. The van der Waals surface area contributed by atoms with Crippen LogP contribution in [0.5, 0.6) is 0 Å². The van der Waals surface area contributed by atoms with Crippen molar-refractivity contribution in [3.63, 3.8) is 0 Å². The smallest absolute Gasteiger partial charge is 0.309 e. The molecule has 0 aliphatic heterocycles. The van der Waals surface area contributed by atoms with Gasteiger partial charge in [0.05, 0.1) is 0 Å². The zero-order valence-electron chi connectivity index (χ0n) is 23.2. The zero-order valence-corrected chi connectivity index (χ0v) is 23.2. The van der Waals surface area contributed by atoms with Crippen molar-refractivity contribution in [1.82, 2.24) is 10.6 Å². The number of carbonyl (C=O) groups is 2. The summed E-state index contributed by atoms with van der Waals surface area (Å²) < 4.78 is 0. The molecular weight excluding hydrogens is 420 g/mol. The molecule has 34 heavy (non-hydrogen) atoms. The van der Waals surface area contributed by atoms with E-state index in [1.165, 1.54) is 128 Å². The second-order valence-electron chi connectivity index (χ2n) is 10.3. The van der Waals surface area contributed by atoms with Crippen LogP contribution in [0.4, 0.5) is 0 Å². The molecule has 0 atom stereocenters. The number of nitrogens with one attached hydrogen (secondary N) is 2. The van der Waals surface area contributed by atoms with Gasteiger partial charge in [-0.15, -0.1) is 0 Å². The van der Waals surface area contributed by atoms with Gasteiger partial charge in [0.2, 0.25) is 0 Å². The minimum absolute atomic E-state index is 0.470. The van der Waals surface area contributed by atoms with Gasteiger partial charge in [0, 0.05) is 13.1 Å². The highest BCUT2D eigenvalue weighted by atomic mass is 16.2. The van der Waals surface area contributed by atoms with Gasteiger partial charge < -0.3 is 10.6 Å². The van der Waals surface area contributed by atoms with Crippen LogP contribution in [0.15, 0.2) is 0 Å². The molecule has 0 aromatic heterocycles. The first-order valence-corrected chi connectivity index (χ1v) is 15.3. The number of unbranched alkanes of at least 4 members (excludes halogenated alkanes) is 22. The van der Waals surface area contributed by atoms with Crippen LogP contribution >= 0.6 is 0 Å². The lowest BCUT2D eigenvalue weighted by Crippen LogP contribution is -2.40. The summed E-state index contributed by atoms with van der Waals surface area (Å²) in [5, 5.41) is 5.53. The van der Waals surface area contributed by atoms with Gasteiger partial charge in [-0.25, -0.2) is 0 Å². The first kappa shape index (κ1) is 32.9. The maximum Gasteiger partial charge on any atom is 0.309 e. The standard InChI is InChI=1S/C30H60N2O2/c1-3-5-7-9-11-13-15-17-19-21-23-25-27-31-29(33)30(34)32-28-26-24-22-20-18-16-14-12-10-8-6-4-2/h3-28H2,1-2H3,(H,31,33)(H,32,34). The highest BCUT2D eigenvalue weighted by Gasteiger charge is 2.11. The Morgan fingerprint density at radius 2 is 0.559 bits per heavy atom. The third-order valence-electron chi connectivity index (χ3n) is 6.84. The molecule has 0 aromatic carbocycles. The summed E-state index contributed by atoms with van der Waals surface area (Å²) in [6.45, 7) is 5.76. The van der Waals surface area contributed by atoms with Gasteiger partial charge in [-0.1, -0.05) is 155 Å². The lowest BCUT2D eigenvalue weighted by Gasteiger charge is -2.07. The van der Waals surface area contributed by atoms with Crippen molar-refractivity contribution in [2.24, 2.45) is 0 Å². The molecule has 0 aliphatic carbocycles. The summed E-state index contributed by atoms with van der Waals surface area (Å²) in [7, 11) is 0. The van der Waals surface area contributed by atoms with Crippen LogP contribution in [0.1, 0.15) is 168 Å². The molecule has 0 rings (SSSR count). The Morgan fingerprint density at radius 3 is 0.794 bits per heavy atom. The lowest BCUT2D eigenvalue weighted by molar-refractivity contribution is -0.139. The first-order chi connectivity index (χ1) is 16.7. The Morgan fingerprint density at radius 1 is 0.353 bits per heavy atom. The molecule has 4 nitrogen and oxygen atoms in total. The van der Waals surface area contributed by atoms with Crippen LogP contribution in [-0.4, -0.2) is 24.9 Å². The predicted molar refractivity (Wildman–Crippen MR) is 148 cm³/mol. The minimum Gasteiger partial charge on any atom is -0.348 e. The van der Waals surface area contributed by atoms with Crippen molar-refractivity contribution >= 4 is 11.8 Å². The molecule has 0 heterocycles. The van der Waals surface area contributed by atoms with Gasteiger partial charge in [0.15, 0.2) is 0 Å². The molecule has 0 unspecified atom stereocenters. The van der Waals surface area contributed by atoms with E-state index in [4.69, 9.17) is 0 Å². The molecule has 0 fully saturated rings. The normalized spacial score (nSPS) is 11.0. The van der Waals surface area contributed by atoms with Crippen LogP contribution < -0.4 is 10.6 Å². The van der Waals surface area contributed by atoms with Crippen LogP contribution in [0.3, 0.4) is 0 Å². The van der Waals surface area contributed by atoms with Crippen LogP contribution in [-0.2, 0) is 9.59 Å². The molecule has 0 spiro atoms. The highest BCUT2D eigenvalue weighted by molar-refractivity contribution is 6.35. The molecular formula is C30H60N2O2. The second-order valence-corrected chi connectivity index (χ2v) is 10.3. The summed E-state index contributed by atoms with van der Waals surface area (Å²) in [5.41, 5.74) is 0. The number of amides is 2. The van der Waals surface area contributed by atoms with E-state index in [0.717, 1.165) is 25.7 Å². The topological polar surface area (TPSA) is 58.2 Å². The Bertz CT molecular complexity index is 400. The SMILES string of the molecule is CCCCCCCCCCCCCCNC(=O)C(=O)NCCCCCCCCCCCCCC. The van der Waals surface area contributed by atoms with E-state index >= 15 is 0 Å². The molecule has 4 heteroatoms. The Labute approximate surface area is 213 Å². The monoisotopic (exact) mass is 480 g/mol. The zero-order chi connectivity index (χ0) is 25.0. The largest absolute Gasteiger partial charge is 0.348 e. The Balaban J connectivity index is 3.29. The van der Waals surface area contributed by atoms with Gasteiger partial charge in [-0.05, 0) is 12.8 Å². The van der Waals surface area contributed by atoms with Crippen molar-refractivity contribution in [2.75, 3.05) is 13.1 Å². The third-order valence-corrected chi connectivity index (χ3v) is 6.84. The second kappa shape index (κ2) is 28.2. The van der Waals surface area contributed by atoms with Gasteiger partial charge >= 0.3 is 11.8 Å². The Hall–Kier alpha value is -1.06. The molecule has 0 saturated carbocycles. The first-order valence-electron chi connectivity index (χ1n) is 15.3. The molecule has 0 aromatic rings. The minimum atomic E-state index is -0.470. The van der Waals surface area contributed by atoms with Gasteiger partial charge in [-0.3, -0.25) is 9.59 Å². The van der Waals surface area contributed by atoms with Crippen molar-refractivity contribution < 1.29 is 9.59 Å². The van der Waals surface area contributed by atoms with Crippen molar-refractivity contribution in [3.05, 3.63) is 0 Å². The summed E-state index contributed by atoms with van der Waals surface area (Å²) >= 11 is 0. The quantitative estimate of drug-likeness (QED) is 0.0961. The van der Waals surface area contributed by atoms with Crippen molar-refractivity contribution in [1.29, 1.82) is 0 Å². The molecule has 202 valence electrons. The maximum atomic E-state index is 11.9. The molecule has 0 radical (unpaired) electrons. The number of hydrogen-bond donors (Lipinski definition) is 2. The van der Waals surface area contributed by atoms with E-state index < -0.39 is 11.8 Å². The summed E-state index contributed by atoms with van der Waals surface area (Å²) in [6, 6.07) is 0. The number of rotatable bonds is 26. The van der Waals surface area contributed by atoms with Crippen molar-refractivity contribution in [3.8, 4) is 0 Å². The average Bonchev–Trinajstić information content (AvgIpc) is 2.84. The van der Waals surface area contributed by atoms with E-state index in [9.17, 15) is 9.59 Å². The summed E-state index contributed by atoms with van der Waals surface area (Å²) in [5.74, 6) is -0.941. The Kier molecular flexibility index (Phi) is 27.3. The summed E-state index contributed by atoms with van der Waals surface area (Å²) in [6.07, 6.45) is 31.2. The molecule has 2 amide bonds. The van der Waals surface area contributed by atoms with Gasteiger partial charge in [0.1, 0.15) is 0 Å². The molecule has 0 aliphatic rings. The van der Waals surface area contributed by atoms with Crippen LogP contribution in [0.25, 0.3) is 0 Å². The van der Waals surface area contributed by atoms with Crippen molar-refractivity contribution in [2.45, 2.75) is 168 Å². The maximum absolute atomic E-state index is 11.9.